The van der Waals surface area contributed by atoms with Crippen LogP contribution in [0.1, 0.15) is 12.8 Å². The van der Waals surface area contributed by atoms with E-state index in [1.54, 1.807) is 0 Å². The quantitative estimate of drug-likeness (QED) is 0.648. The number of rotatable bonds is 5. The fraction of sp³-hybridized carbons (Fsp3) is 0.500. The summed E-state index contributed by atoms with van der Waals surface area (Å²) >= 11 is 0. The van der Waals surface area contributed by atoms with Crippen molar-refractivity contribution in [1.82, 2.24) is 4.31 Å². The van der Waals surface area contributed by atoms with Crippen LogP contribution in [0.3, 0.4) is 0 Å². The Morgan fingerprint density at radius 1 is 1.48 bits per heavy atom. The molecule has 1 aliphatic heterocycles. The summed E-state index contributed by atoms with van der Waals surface area (Å²) < 4.78 is 39.6. The van der Waals surface area contributed by atoms with Gasteiger partial charge in [-0.25, -0.2) is 8.42 Å². The van der Waals surface area contributed by atoms with Crippen molar-refractivity contribution >= 4 is 15.7 Å². The summed E-state index contributed by atoms with van der Waals surface area (Å²) in [5, 5.41) is 19.8. The van der Waals surface area contributed by atoms with Gasteiger partial charge < -0.3 is 5.11 Å². The Morgan fingerprint density at radius 2 is 2.19 bits per heavy atom. The van der Waals surface area contributed by atoms with Crippen LogP contribution in [0.4, 0.5) is 10.1 Å². The Kier molecular flexibility index (Phi) is 4.55. The molecule has 0 amide bonds. The Bertz CT molecular complexity index is 649. The molecule has 0 aliphatic carbocycles. The number of hydrogen-bond donors (Lipinski definition) is 1. The molecule has 0 saturated carbocycles. The lowest BCUT2D eigenvalue weighted by Crippen LogP contribution is -2.29. The van der Waals surface area contributed by atoms with Crippen LogP contribution in [0.15, 0.2) is 23.1 Å². The predicted octanol–water partition coefficient (Wildman–Crippen LogP) is 1.13. The van der Waals surface area contributed by atoms with E-state index in [0.717, 1.165) is 22.5 Å². The summed E-state index contributed by atoms with van der Waals surface area (Å²) in [6, 6.07) is 3.03. The second-order valence-corrected chi connectivity index (χ2v) is 6.78. The minimum Gasteiger partial charge on any atom is -0.396 e. The maximum atomic E-state index is 13.6. The van der Waals surface area contributed by atoms with Crippen LogP contribution in [-0.4, -0.2) is 42.4 Å². The summed E-state index contributed by atoms with van der Waals surface area (Å²) in [4.78, 5) is 9.27. The van der Waals surface area contributed by atoms with Gasteiger partial charge in [-0.2, -0.15) is 8.70 Å². The standard InChI is InChI=1S/C12H15FN2O5S/c13-10-2-1-3-11(12(10)15(17)18)21(19,20)14-6-4-9(8-14)5-7-16/h1-3,9,16H,4-8H2. The number of hydrogen-bond acceptors (Lipinski definition) is 5. The molecule has 1 unspecified atom stereocenters. The number of sulfonamides is 1. The molecule has 2 rings (SSSR count). The first kappa shape index (κ1) is 15.8. The third-order valence-corrected chi connectivity index (χ3v) is 5.43. The van der Waals surface area contributed by atoms with Crippen LogP contribution in [0.2, 0.25) is 0 Å². The van der Waals surface area contributed by atoms with Crippen molar-refractivity contribution < 1.29 is 22.8 Å². The Balaban J connectivity index is 2.38. The van der Waals surface area contributed by atoms with Gasteiger partial charge in [0.25, 0.3) is 0 Å². The monoisotopic (exact) mass is 318 g/mol. The Morgan fingerprint density at radius 3 is 2.81 bits per heavy atom. The zero-order chi connectivity index (χ0) is 15.6. The molecule has 116 valence electrons. The molecule has 21 heavy (non-hydrogen) atoms. The molecule has 1 aromatic rings. The fourth-order valence-electron chi connectivity index (χ4n) is 2.45. The lowest BCUT2D eigenvalue weighted by atomic mass is 10.1. The number of nitro benzene ring substituents is 1. The molecule has 1 saturated heterocycles. The van der Waals surface area contributed by atoms with Gasteiger partial charge in [0.2, 0.25) is 15.8 Å². The molecule has 0 radical (unpaired) electrons. The maximum Gasteiger partial charge on any atom is 0.324 e. The Hall–Kier alpha value is -1.58. The molecule has 1 aliphatic rings. The Labute approximate surface area is 121 Å². The van der Waals surface area contributed by atoms with Gasteiger partial charge in [0.05, 0.1) is 4.92 Å². The van der Waals surface area contributed by atoms with Crippen molar-refractivity contribution in [3.63, 3.8) is 0 Å². The first-order chi connectivity index (χ1) is 9.87. The van der Waals surface area contributed by atoms with Crippen molar-refractivity contribution in [2.24, 2.45) is 5.92 Å². The van der Waals surface area contributed by atoms with Crippen LogP contribution in [0, 0.1) is 21.8 Å². The fourth-order valence-corrected chi connectivity index (χ4v) is 4.15. The molecule has 1 fully saturated rings. The highest BCUT2D eigenvalue weighted by Crippen LogP contribution is 2.32. The average molecular weight is 318 g/mol. The summed E-state index contributed by atoms with van der Waals surface area (Å²) in [5.41, 5.74) is -1.02. The normalized spacial score (nSPS) is 19.8. The van der Waals surface area contributed by atoms with E-state index in [0.29, 0.717) is 12.8 Å². The molecule has 0 bridgehead atoms. The van der Waals surface area contributed by atoms with Crippen molar-refractivity contribution in [1.29, 1.82) is 0 Å². The van der Waals surface area contributed by atoms with Crippen LogP contribution in [0.5, 0.6) is 0 Å². The van der Waals surface area contributed by atoms with Gasteiger partial charge in [-0.05, 0) is 30.9 Å². The van der Waals surface area contributed by atoms with E-state index < -0.39 is 31.3 Å². The number of para-hydroxylation sites is 1. The second-order valence-electron chi connectivity index (χ2n) is 4.87. The molecule has 9 heteroatoms. The van der Waals surface area contributed by atoms with Crippen molar-refractivity contribution in [3.05, 3.63) is 34.1 Å². The van der Waals surface area contributed by atoms with Crippen molar-refractivity contribution in [2.45, 2.75) is 17.7 Å². The van der Waals surface area contributed by atoms with E-state index in [9.17, 15) is 22.9 Å². The van der Waals surface area contributed by atoms with E-state index >= 15 is 0 Å². The zero-order valence-corrected chi connectivity index (χ0v) is 11.9. The molecular weight excluding hydrogens is 303 g/mol. The average Bonchev–Trinajstić information content (AvgIpc) is 2.87. The van der Waals surface area contributed by atoms with Crippen LogP contribution >= 0.6 is 0 Å². The lowest BCUT2D eigenvalue weighted by Gasteiger charge is -2.16. The third kappa shape index (κ3) is 3.04. The topological polar surface area (TPSA) is 101 Å². The van der Waals surface area contributed by atoms with E-state index in [2.05, 4.69) is 0 Å². The molecule has 1 aromatic carbocycles. The van der Waals surface area contributed by atoms with E-state index in [4.69, 9.17) is 5.11 Å². The van der Waals surface area contributed by atoms with E-state index in [1.807, 2.05) is 0 Å². The predicted molar refractivity (Wildman–Crippen MR) is 71.6 cm³/mol. The minimum absolute atomic E-state index is 0.0115. The first-order valence-corrected chi connectivity index (χ1v) is 7.86. The highest BCUT2D eigenvalue weighted by Gasteiger charge is 2.37. The van der Waals surface area contributed by atoms with Gasteiger partial charge in [0.1, 0.15) is 0 Å². The smallest absolute Gasteiger partial charge is 0.324 e. The molecule has 0 spiro atoms. The van der Waals surface area contributed by atoms with Gasteiger partial charge in [-0.1, -0.05) is 6.07 Å². The molecule has 1 N–H and O–H groups in total. The molecule has 1 atom stereocenters. The van der Waals surface area contributed by atoms with Crippen LogP contribution < -0.4 is 0 Å². The van der Waals surface area contributed by atoms with Gasteiger partial charge in [-0.15, -0.1) is 0 Å². The molecular formula is C12H15FN2O5S. The maximum absolute atomic E-state index is 13.6. The summed E-state index contributed by atoms with van der Waals surface area (Å²) in [6.45, 7) is 0.343. The number of nitro groups is 1. The van der Waals surface area contributed by atoms with Gasteiger partial charge >= 0.3 is 5.69 Å². The first-order valence-electron chi connectivity index (χ1n) is 6.42. The van der Waals surface area contributed by atoms with E-state index in [1.165, 1.54) is 0 Å². The van der Waals surface area contributed by atoms with Gasteiger partial charge in [0.15, 0.2) is 4.90 Å². The number of aliphatic hydroxyl groups excluding tert-OH is 1. The van der Waals surface area contributed by atoms with Crippen LogP contribution in [-0.2, 0) is 10.0 Å². The van der Waals surface area contributed by atoms with Crippen molar-refractivity contribution in [2.75, 3.05) is 19.7 Å². The third-order valence-electron chi connectivity index (χ3n) is 3.54. The summed E-state index contributed by atoms with van der Waals surface area (Å²) in [5.74, 6) is -1.16. The van der Waals surface area contributed by atoms with E-state index in [-0.39, 0.29) is 25.6 Å². The molecule has 0 aromatic heterocycles. The number of nitrogens with zero attached hydrogens (tertiary/aromatic N) is 2. The van der Waals surface area contributed by atoms with Gasteiger partial charge in [-0.3, -0.25) is 10.1 Å². The SMILES string of the molecule is O=[N+]([O-])c1c(F)cccc1S(=O)(=O)N1CCC(CCO)C1. The zero-order valence-electron chi connectivity index (χ0n) is 11.1. The second kappa shape index (κ2) is 6.04. The van der Waals surface area contributed by atoms with Gasteiger partial charge in [0, 0.05) is 19.7 Å². The number of benzene rings is 1. The molecule has 7 nitrogen and oxygen atoms in total. The van der Waals surface area contributed by atoms with Crippen molar-refractivity contribution in [3.8, 4) is 0 Å². The summed E-state index contributed by atoms with van der Waals surface area (Å²) in [7, 11) is -4.12. The minimum atomic E-state index is -4.12. The molecule has 1 heterocycles. The highest BCUT2D eigenvalue weighted by molar-refractivity contribution is 7.89. The number of halogens is 1. The number of aliphatic hydroxyl groups is 1. The van der Waals surface area contributed by atoms with Crippen LogP contribution in [0.25, 0.3) is 0 Å². The summed E-state index contributed by atoms with van der Waals surface area (Å²) in [6.07, 6.45) is 1.04. The largest absolute Gasteiger partial charge is 0.396 e. The highest BCUT2D eigenvalue weighted by atomic mass is 32.2. The lowest BCUT2D eigenvalue weighted by molar-refractivity contribution is -0.390.